The molecule has 0 saturated carbocycles. The normalized spacial score (nSPS) is 10.4. The van der Waals surface area contributed by atoms with Crippen LogP contribution >= 0.6 is 15.9 Å². The van der Waals surface area contributed by atoms with Gasteiger partial charge in [0.05, 0.1) is 13.3 Å². The lowest BCUT2D eigenvalue weighted by Gasteiger charge is -2.07. The highest BCUT2D eigenvalue weighted by molar-refractivity contribution is 9.10. The number of carbonyl (C=O) groups excluding carboxylic acids is 1. The Morgan fingerprint density at radius 1 is 1.33 bits per heavy atom. The molecule has 2 aromatic rings. The molecule has 0 aliphatic carbocycles. The second-order valence-corrected chi connectivity index (χ2v) is 5.63. The number of methoxy groups -OCH3 is 1. The minimum Gasteiger partial charge on any atom is -0.497 e. The Morgan fingerprint density at radius 3 is 2.92 bits per heavy atom. The van der Waals surface area contributed by atoms with Crippen LogP contribution in [0.15, 0.2) is 64.7 Å². The molecule has 24 heavy (non-hydrogen) atoms. The number of halogens is 1. The van der Waals surface area contributed by atoms with Crippen LogP contribution in [-0.2, 0) is 0 Å². The molecule has 0 unspecified atom stereocenters. The first-order valence-corrected chi connectivity index (χ1v) is 7.94. The lowest BCUT2D eigenvalue weighted by atomic mass is 10.2. The summed E-state index contributed by atoms with van der Waals surface area (Å²) in [5.74, 6) is 0.935. The number of ether oxygens (including phenoxy) is 2. The lowest BCUT2D eigenvalue weighted by Crippen LogP contribution is -2.17. The van der Waals surface area contributed by atoms with Crippen LogP contribution in [0.5, 0.6) is 11.5 Å². The number of amides is 1. The lowest BCUT2D eigenvalue weighted by molar-refractivity contribution is 0.0955. The fourth-order valence-corrected chi connectivity index (χ4v) is 2.27. The molecule has 2 rings (SSSR count). The third-order valence-electron chi connectivity index (χ3n) is 3.03. The molecule has 0 aromatic heterocycles. The SMILES string of the molecule is C=CCOc1ccc(Br)cc1/C=N\NC(=O)c1cccc(OC)c1. The second kappa shape index (κ2) is 8.88. The predicted octanol–water partition coefficient (Wildman–Crippen LogP) is 3.79. The van der Waals surface area contributed by atoms with Crippen molar-refractivity contribution < 1.29 is 14.3 Å². The maximum atomic E-state index is 12.1. The molecule has 0 aliphatic rings. The summed E-state index contributed by atoms with van der Waals surface area (Å²) in [5, 5.41) is 3.99. The van der Waals surface area contributed by atoms with Gasteiger partial charge >= 0.3 is 0 Å². The highest BCUT2D eigenvalue weighted by Gasteiger charge is 2.06. The van der Waals surface area contributed by atoms with Gasteiger partial charge < -0.3 is 9.47 Å². The molecule has 6 heteroatoms. The van der Waals surface area contributed by atoms with E-state index >= 15 is 0 Å². The van der Waals surface area contributed by atoms with Crippen LogP contribution < -0.4 is 14.9 Å². The molecule has 1 amide bonds. The van der Waals surface area contributed by atoms with E-state index in [1.54, 1.807) is 37.5 Å². The molecule has 124 valence electrons. The summed E-state index contributed by atoms with van der Waals surface area (Å²) >= 11 is 3.40. The Hall–Kier alpha value is -2.60. The number of nitrogens with zero attached hydrogens (tertiary/aromatic N) is 1. The highest BCUT2D eigenvalue weighted by atomic mass is 79.9. The van der Waals surface area contributed by atoms with Gasteiger partial charge in [0.2, 0.25) is 0 Å². The number of hydrogen-bond donors (Lipinski definition) is 1. The van der Waals surface area contributed by atoms with E-state index in [4.69, 9.17) is 9.47 Å². The van der Waals surface area contributed by atoms with Gasteiger partial charge in [0, 0.05) is 15.6 Å². The number of rotatable bonds is 7. The van der Waals surface area contributed by atoms with Gasteiger partial charge in [-0.2, -0.15) is 5.10 Å². The standard InChI is InChI=1S/C18H17BrN2O3/c1-3-9-24-17-8-7-15(19)10-14(17)12-20-21-18(22)13-5-4-6-16(11-13)23-2/h3-8,10-12H,1,9H2,2H3,(H,21,22)/b20-12-. The van der Waals surface area contributed by atoms with Crippen molar-refractivity contribution in [1.82, 2.24) is 5.43 Å². The molecule has 0 atom stereocenters. The number of benzene rings is 2. The molecular weight excluding hydrogens is 372 g/mol. The molecule has 1 N–H and O–H groups in total. The highest BCUT2D eigenvalue weighted by Crippen LogP contribution is 2.21. The van der Waals surface area contributed by atoms with Crippen molar-refractivity contribution in [2.45, 2.75) is 0 Å². The molecule has 0 radical (unpaired) electrons. The van der Waals surface area contributed by atoms with Crippen LogP contribution in [0.4, 0.5) is 0 Å². The van der Waals surface area contributed by atoms with Crippen LogP contribution in [0, 0.1) is 0 Å². The Morgan fingerprint density at radius 2 is 2.17 bits per heavy atom. The first-order chi connectivity index (χ1) is 11.6. The smallest absolute Gasteiger partial charge is 0.271 e. The van der Waals surface area contributed by atoms with Crippen molar-refractivity contribution in [3.8, 4) is 11.5 Å². The van der Waals surface area contributed by atoms with E-state index in [0.717, 1.165) is 10.0 Å². The first kappa shape index (κ1) is 17.7. The van der Waals surface area contributed by atoms with Crippen molar-refractivity contribution >= 4 is 28.1 Å². The van der Waals surface area contributed by atoms with E-state index in [-0.39, 0.29) is 5.91 Å². The average molecular weight is 389 g/mol. The number of hydrogen-bond acceptors (Lipinski definition) is 4. The van der Waals surface area contributed by atoms with Gasteiger partial charge in [0.1, 0.15) is 18.1 Å². The van der Waals surface area contributed by atoms with Crippen molar-refractivity contribution in [2.75, 3.05) is 13.7 Å². The van der Waals surface area contributed by atoms with Crippen LogP contribution in [0.2, 0.25) is 0 Å². The van der Waals surface area contributed by atoms with E-state index < -0.39 is 0 Å². The Labute approximate surface area is 149 Å². The first-order valence-electron chi connectivity index (χ1n) is 7.14. The third-order valence-corrected chi connectivity index (χ3v) is 3.52. The van der Waals surface area contributed by atoms with E-state index in [1.807, 2.05) is 18.2 Å². The second-order valence-electron chi connectivity index (χ2n) is 4.71. The largest absolute Gasteiger partial charge is 0.497 e. The van der Waals surface area contributed by atoms with Gasteiger partial charge in [-0.05, 0) is 36.4 Å². The molecule has 0 aliphatic heterocycles. The monoisotopic (exact) mass is 388 g/mol. The van der Waals surface area contributed by atoms with Crippen LogP contribution in [0.1, 0.15) is 15.9 Å². The summed E-state index contributed by atoms with van der Waals surface area (Å²) in [5.41, 5.74) is 3.68. The molecule has 0 fully saturated rings. The maximum Gasteiger partial charge on any atom is 0.271 e. The van der Waals surface area contributed by atoms with Gasteiger partial charge in [-0.3, -0.25) is 4.79 Å². The van der Waals surface area contributed by atoms with Gasteiger partial charge in [-0.25, -0.2) is 5.43 Å². The number of carbonyl (C=O) groups is 1. The van der Waals surface area contributed by atoms with Gasteiger partial charge in [0.15, 0.2) is 0 Å². The molecule has 0 heterocycles. The van der Waals surface area contributed by atoms with Crippen LogP contribution in [-0.4, -0.2) is 25.8 Å². The molecule has 0 saturated heterocycles. The van der Waals surface area contributed by atoms with Crippen molar-refractivity contribution in [3.05, 3.63) is 70.7 Å². The maximum absolute atomic E-state index is 12.1. The topological polar surface area (TPSA) is 59.9 Å². The summed E-state index contributed by atoms with van der Waals surface area (Å²) < 4.78 is 11.5. The molecule has 0 spiro atoms. The van der Waals surface area contributed by atoms with Crippen molar-refractivity contribution in [1.29, 1.82) is 0 Å². The summed E-state index contributed by atoms with van der Waals surface area (Å²) in [6.07, 6.45) is 3.19. The van der Waals surface area contributed by atoms with Crippen LogP contribution in [0.3, 0.4) is 0 Å². The minimum absolute atomic E-state index is 0.325. The van der Waals surface area contributed by atoms with Gasteiger partial charge in [-0.15, -0.1) is 0 Å². The van der Waals surface area contributed by atoms with Crippen molar-refractivity contribution in [3.63, 3.8) is 0 Å². The Kier molecular flexibility index (Phi) is 6.57. The molecular formula is C18H17BrN2O3. The molecule has 0 bridgehead atoms. The zero-order chi connectivity index (χ0) is 17.4. The summed E-state index contributed by atoms with van der Waals surface area (Å²) in [6.45, 7) is 4.01. The summed E-state index contributed by atoms with van der Waals surface area (Å²) in [4.78, 5) is 12.1. The average Bonchev–Trinajstić information content (AvgIpc) is 2.61. The fraction of sp³-hybridized carbons (Fsp3) is 0.111. The Balaban J connectivity index is 2.09. The van der Waals surface area contributed by atoms with Gasteiger partial charge in [0.25, 0.3) is 5.91 Å². The zero-order valence-electron chi connectivity index (χ0n) is 13.2. The molecule has 5 nitrogen and oxygen atoms in total. The van der Waals surface area contributed by atoms with Crippen LogP contribution in [0.25, 0.3) is 0 Å². The fourth-order valence-electron chi connectivity index (χ4n) is 1.89. The minimum atomic E-state index is -0.325. The van der Waals surface area contributed by atoms with Gasteiger partial charge in [-0.1, -0.05) is 34.7 Å². The summed E-state index contributed by atoms with van der Waals surface area (Å²) in [7, 11) is 1.55. The number of nitrogens with one attached hydrogen (secondary N) is 1. The summed E-state index contributed by atoms with van der Waals surface area (Å²) in [6, 6.07) is 12.4. The van der Waals surface area contributed by atoms with E-state index in [1.165, 1.54) is 6.21 Å². The van der Waals surface area contributed by atoms with E-state index in [0.29, 0.717) is 23.7 Å². The third kappa shape index (κ3) is 4.96. The van der Waals surface area contributed by atoms with E-state index in [2.05, 4.69) is 33.0 Å². The zero-order valence-corrected chi connectivity index (χ0v) is 14.7. The van der Waals surface area contributed by atoms with E-state index in [9.17, 15) is 4.79 Å². The number of hydrazone groups is 1. The quantitative estimate of drug-likeness (QED) is 0.445. The molecule has 2 aromatic carbocycles. The Bertz CT molecular complexity index is 760. The van der Waals surface area contributed by atoms with Crippen molar-refractivity contribution in [2.24, 2.45) is 5.10 Å². The predicted molar refractivity (Wildman–Crippen MR) is 97.9 cm³/mol.